The van der Waals surface area contributed by atoms with Crippen molar-refractivity contribution >= 4 is 5.97 Å². The molecule has 82 valence electrons. The fourth-order valence-electron chi connectivity index (χ4n) is 1.25. The van der Waals surface area contributed by atoms with Crippen molar-refractivity contribution in [1.82, 2.24) is 10.1 Å². The number of aromatic nitrogens is 2. The van der Waals surface area contributed by atoms with E-state index < -0.39 is 12.0 Å². The Balaban J connectivity index is 2.27. The maximum atomic E-state index is 10.5. The SMILES string of the molecule is N[C@@H](c1ccccc1)c1nc(C(=O)O)no1. The molecule has 0 aliphatic heterocycles. The fraction of sp³-hybridized carbons (Fsp3) is 0.100. The van der Waals surface area contributed by atoms with Gasteiger partial charge in [-0.05, 0) is 10.7 Å². The smallest absolute Gasteiger partial charge is 0.377 e. The first-order valence-electron chi connectivity index (χ1n) is 4.56. The van der Waals surface area contributed by atoms with E-state index >= 15 is 0 Å². The molecule has 0 radical (unpaired) electrons. The summed E-state index contributed by atoms with van der Waals surface area (Å²) in [5.41, 5.74) is 6.62. The summed E-state index contributed by atoms with van der Waals surface area (Å²) >= 11 is 0. The zero-order valence-electron chi connectivity index (χ0n) is 8.20. The van der Waals surface area contributed by atoms with E-state index in [4.69, 9.17) is 15.4 Å². The minimum Gasteiger partial charge on any atom is -0.475 e. The molecule has 6 nitrogen and oxygen atoms in total. The van der Waals surface area contributed by atoms with Gasteiger partial charge in [0.25, 0.3) is 5.82 Å². The average molecular weight is 219 g/mol. The predicted octanol–water partition coefficient (Wildman–Crippen LogP) is 0.816. The number of aromatic carboxylic acids is 1. The van der Waals surface area contributed by atoms with Crippen molar-refractivity contribution in [3.63, 3.8) is 0 Å². The van der Waals surface area contributed by atoms with Gasteiger partial charge in [0.05, 0.1) is 0 Å². The number of carboxylic acids is 1. The number of carboxylic acid groups (broad SMARTS) is 1. The fourth-order valence-corrected chi connectivity index (χ4v) is 1.25. The maximum absolute atomic E-state index is 10.5. The predicted molar refractivity (Wildman–Crippen MR) is 53.7 cm³/mol. The Morgan fingerprint density at radius 3 is 2.62 bits per heavy atom. The Bertz CT molecular complexity index is 495. The monoisotopic (exact) mass is 219 g/mol. The molecule has 0 fully saturated rings. The van der Waals surface area contributed by atoms with Gasteiger partial charge in [-0.25, -0.2) is 4.79 Å². The molecule has 0 unspecified atom stereocenters. The second-order valence-electron chi connectivity index (χ2n) is 3.15. The minimum atomic E-state index is -1.24. The first kappa shape index (κ1) is 10.3. The molecular weight excluding hydrogens is 210 g/mol. The molecule has 1 atom stereocenters. The van der Waals surface area contributed by atoms with Crippen LogP contribution in [0.5, 0.6) is 0 Å². The van der Waals surface area contributed by atoms with Crippen LogP contribution in [-0.4, -0.2) is 21.2 Å². The molecular formula is C10H9N3O3. The number of nitrogens with two attached hydrogens (primary N) is 1. The van der Waals surface area contributed by atoms with E-state index in [2.05, 4.69) is 10.1 Å². The molecule has 3 N–H and O–H groups in total. The van der Waals surface area contributed by atoms with Gasteiger partial charge in [-0.2, -0.15) is 4.98 Å². The summed E-state index contributed by atoms with van der Waals surface area (Å²) in [7, 11) is 0. The van der Waals surface area contributed by atoms with E-state index in [1.165, 1.54) is 0 Å². The van der Waals surface area contributed by atoms with Crippen LogP contribution in [0.25, 0.3) is 0 Å². The number of nitrogens with zero attached hydrogens (tertiary/aromatic N) is 2. The summed E-state index contributed by atoms with van der Waals surface area (Å²) in [6.07, 6.45) is 0. The zero-order valence-corrected chi connectivity index (χ0v) is 8.20. The van der Waals surface area contributed by atoms with E-state index in [1.54, 1.807) is 12.1 Å². The summed E-state index contributed by atoms with van der Waals surface area (Å²) in [6, 6.07) is 8.49. The van der Waals surface area contributed by atoms with E-state index in [0.29, 0.717) is 0 Å². The van der Waals surface area contributed by atoms with E-state index in [-0.39, 0.29) is 11.7 Å². The lowest BCUT2D eigenvalue weighted by atomic mass is 10.1. The van der Waals surface area contributed by atoms with Gasteiger partial charge in [0.1, 0.15) is 6.04 Å². The molecule has 0 saturated carbocycles. The number of hydrogen-bond donors (Lipinski definition) is 2. The molecule has 16 heavy (non-hydrogen) atoms. The van der Waals surface area contributed by atoms with Gasteiger partial charge in [-0.3, -0.25) is 0 Å². The molecule has 0 amide bonds. The highest BCUT2D eigenvalue weighted by Gasteiger charge is 2.19. The molecule has 0 bridgehead atoms. The van der Waals surface area contributed by atoms with Gasteiger partial charge in [0.2, 0.25) is 5.89 Å². The molecule has 0 saturated heterocycles. The van der Waals surface area contributed by atoms with Gasteiger partial charge in [-0.15, -0.1) is 0 Å². The van der Waals surface area contributed by atoms with Crippen molar-refractivity contribution in [1.29, 1.82) is 0 Å². The minimum absolute atomic E-state index is 0.0867. The highest BCUT2D eigenvalue weighted by Crippen LogP contribution is 2.17. The molecule has 2 rings (SSSR count). The van der Waals surface area contributed by atoms with Crippen molar-refractivity contribution in [2.24, 2.45) is 5.73 Å². The van der Waals surface area contributed by atoms with Gasteiger partial charge in [0, 0.05) is 0 Å². The van der Waals surface area contributed by atoms with Crippen LogP contribution in [0, 0.1) is 0 Å². The molecule has 6 heteroatoms. The number of benzene rings is 1. The normalized spacial score (nSPS) is 12.3. The zero-order chi connectivity index (χ0) is 11.5. The van der Waals surface area contributed by atoms with E-state index in [1.807, 2.05) is 18.2 Å². The lowest BCUT2D eigenvalue weighted by Gasteiger charge is -2.05. The van der Waals surface area contributed by atoms with Crippen molar-refractivity contribution in [2.45, 2.75) is 6.04 Å². The van der Waals surface area contributed by atoms with Crippen molar-refractivity contribution in [3.8, 4) is 0 Å². The molecule has 1 aromatic heterocycles. The average Bonchev–Trinajstić information content (AvgIpc) is 2.78. The molecule has 0 spiro atoms. The van der Waals surface area contributed by atoms with Gasteiger partial charge < -0.3 is 15.4 Å². The molecule has 2 aromatic rings. The Labute approximate surface area is 90.7 Å². The van der Waals surface area contributed by atoms with Gasteiger partial charge >= 0.3 is 5.97 Å². The Kier molecular flexibility index (Phi) is 2.65. The Morgan fingerprint density at radius 1 is 1.38 bits per heavy atom. The summed E-state index contributed by atoms with van der Waals surface area (Å²) < 4.78 is 4.78. The first-order valence-corrected chi connectivity index (χ1v) is 4.56. The van der Waals surface area contributed by atoms with Crippen molar-refractivity contribution in [2.75, 3.05) is 0 Å². The van der Waals surface area contributed by atoms with Gasteiger partial charge in [0.15, 0.2) is 0 Å². The third kappa shape index (κ3) is 1.91. The Morgan fingerprint density at radius 2 is 2.06 bits per heavy atom. The van der Waals surface area contributed by atoms with Crippen LogP contribution in [0.2, 0.25) is 0 Å². The second-order valence-corrected chi connectivity index (χ2v) is 3.15. The van der Waals surface area contributed by atoms with Crippen LogP contribution in [0.15, 0.2) is 34.9 Å². The third-order valence-corrected chi connectivity index (χ3v) is 2.06. The van der Waals surface area contributed by atoms with E-state index in [0.717, 1.165) is 5.56 Å². The summed E-state index contributed by atoms with van der Waals surface area (Å²) in [5, 5.41) is 11.9. The van der Waals surface area contributed by atoms with Gasteiger partial charge in [-0.1, -0.05) is 30.3 Å². The highest BCUT2D eigenvalue weighted by molar-refractivity contribution is 5.82. The van der Waals surface area contributed by atoms with Crippen LogP contribution in [0.4, 0.5) is 0 Å². The summed E-state index contributed by atoms with van der Waals surface area (Å²) in [5.74, 6) is -1.54. The van der Waals surface area contributed by atoms with Crippen LogP contribution >= 0.6 is 0 Å². The Hall–Kier alpha value is -2.21. The lowest BCUT2D eigenvalue weighted by molar-refractivity contribution is 0.0680. The van der Waals surface area contributed by atoms with Crippen molar-refractivity contribution in [3.05, 3.63) is 47.6 Å². The molecule has 0 aliphatic rings. The van der Waals surface area contributed by atoms with Crippen LogP contribution in [-0.2, 0) is 0 Å². The second kappa shape index (κ2) is 4.11. The number of rotatable bonds is 3. The largest absolute Gasteiger partial charge is 0.475 e. The van der Waals surface area contributed by atoms with Crippen molar-refractivity contribution < 1.29 is 14.4 Å². The molecule has 0 aliphatic carbocycles. The highest BCUT2D eigenvalue weighted by atomic mass is 16.5. The first-order chi connectivity index (χ1) is 7.68. The third-order valence-electron chi connectivity index (χ3n) is 2.06. The quantitative estimate of drug-likeness (QED) is 0.792. The molecule has 1 heterocycles. The molecule has 1 aromatic carbocycles. The summed E-state index contributed by atoms with van der Waals surface area (Å²) in [6.45, 7) is 0. The number of carbonyl (C=O) groups is 1. The van der Waals surface area contributed by atoms with Crippen LogP contribution in [0.1, 0.15) is 28.1 Å². The van der Waals surface area contributed by atoms with Crippen LogP contribution in [0.3, 0.4) is 0 Å². The lowest BCUT2D eigenvalue weighted by Crippen LogP contribution is -2.12. The topological polar surface area (TPSA) is 102 Å². The summed E-state index contributed by atoms with van der Waals surface area (Å²) in [4.78, 5) is 14.2. The standard InChI is InChI=1S/C10H9N3O3/c11-7(6-4-2-1-3-5-6)9-12-8(10(14)15)13-16-9/h1-5,7H,11H2,(H,14,15)/t7-/m0/s1. The maximum Gasteiger partial charge on any atom is 0.377 e. The van der Waals surface area contributed by atoms with Crippen LogP contribution < -0.4 is 5.73 Å². The van der Waals surface area contributed by atoms with E-state index in [9.17, 15) is 4.79 Å². The number of hydrogen-bond acceptors (Lipinski definition) is 5.